The van der Waals surface area contributed by atoms with E-state index in [9.17, 15) is 9.59 Å². The molecule has 1 fully saturated rings. The smallest absolute Gasteiger partial charge is 0.223 e. The fourth-order valence-electron chi connectivity index (χ4n) is 2.58. The molecule has 2 atom stereocenters. The molecule has 2 N–H and O–H groups in total. The molecule has 0 saturated heterocycles. The Labute approximate surface area is 137 Å². The van der Waals surface area contributed by atoms with Crippen LogP contribution >= 0.6 is 0 Å². The third-order valence-corrected chi connectivity index (χ3v) is 3.99. The Morgan fingerprint density at radius 2 is 1.78 bits per heavy atom. The minimum absolute atomic E-state index is 0.0711. The zero-order valence-electron chi connectivity index (χ0n) is 14.1. The second-order valence-electron chi connectivity index (χ2n) is 6.38. The van der Waals surface area contributed by atoms with Crippen molar-refractivity contribution in [2.45, 2.75) is 33.6 Å². The SMILES string of the molecule is Cc1cc(C)cc(OCCNC(=O)CCNC(=O)[C@H]2C[C@H]2C)c1. The van der Waals surface area contributed by atoms with E-state index in [2.05, 4.69) is 23.6 Å². The molecule has 0 aromatic heterocycles. The highest BCUT2D eigenvalue weighted by molar-refractivity contribution is 5.82. The fraction of sp³-hybridized carbons (Fsp3) is 0.556. The molecule has 5 nitrogen and oxygen atoms in total. The van der Waals surface area contributed by atoms with Gasteiger partial charge in [-0.05, 0) is 49.4 Å². The summed E-state index contributed by atoms with van der Waals surface area (Å²) in [5, 5.41) is 5.60. The summed E-state index contributed by atoms with van der Waals surface area (Å²) in [6.45, 7) is 7.40. The molecule has 0 bridgehead atoms. The van der Waals surface area contributed by atoms with Gasteiger partial charge in [0.25, 0.3) is 0 Å². The molecule has 1 aromatic carbocycles. The van der Waals surface area contributed by atoms with E-state index in [4.69, 9.17) is 4.74 Å². The molecule has 0 aliphatic heterocycles. The van der Waals surface area contributed by atoms with Crippen molar-refractivity contribution in [3.63, 3.8) is 0 Å². The number of carbonyl (C=O) groups excluding carboxylic acids is 2. The van der Waals surface area contributed by atoms with Crippen molar-refractivity contribution in [2.24, 2.45) is 11.8 Å². The van der Waals surface area contributed by atoms with Crippen LogP contribution in [0.1, 0.15) is 30.9 Å². The van der Waals surface area contributed by atoms with E-state index in [0.29, 0.717) is 32.0 Å². The van der Waals surface area contributed by atoms with E-state index >= 15 is 0 Å². The number of ether oxygens (including phenoxy) is 1. The Morgan fingerprint density at radius 3 is 2.39 bits per heavy atom. The number of hydrogen-bond acceptors (Lipinski definition) is 3. The number of aryl methyl sites for hydroxylation is 2. The molecule has 1 aliphatic rings. The lowest BCUT2D eigenvalue weighted by Gasteiger charge is -2.09. The van der Waals surface area contributed by atoms with E-state index in [1.165, 1.54) is 0 Å². The van der Waals surface area contributed by atoms with Crippen LogP contribution in [0.2, 0.25) is 0 Å². The number of nitrogens with one attached hydrogen (secondary N) is 2. The van der Waals surface area contributed by atoms with Crippen molar-refractivity contribution in [1.82, 2.24) is 10.6 Å². The van der Waals surface area contributed by atoms with E-state index in [1.807, 2.05) is 26.0 Å². The molecule has 2 rings (SSSR count). The zero-order chi connectivity index (χ0) is 16.8. The van der Waals surface area contributed by atoms with Crippen LogP contribution in [0.5, 0.6) is 5.75 Å². The van der Waals surface area contributed by atoms with Crippen molar-refractivity contribution < 1.29 is 14.3 Å². The Bertz CT molecular complexity index is 551. The van der Waals surface area contributed by atoms with E-state index in [0.717, 1.165) is 23.3 Å². The van der Waals surface area contributed by atoms with E-state index < -0.39 is 0 Å². The summed E-state index contributed by atoms with van der Waals surface area (Å²) < 4.78 is 5.63. The van der Waals surface area contributed by atoms with Gasteiger partial charge in [-0.15, -0.1) is 0 Å². The van der Waals surface area contributed by atoms with Crippen LogP contribution in [-0.2, 0) is 9.59 Å². The first kappa shape index (κ1) is 17.3. The second-order valence-corrected chi connectivity index (χ2v) is 6.38. The molecule has 0 unspecified atom stereocenters. The standard InChI is InChI=1S/C18H26N2O3/c1-12-8-13(2)10-15(9-12)23-7-6-19-17(21)4-5-20-18(22)16-11-14(16)3/h8-10,14,16H,4-7,11H2,1-3H3,(H,19,21)(H,20,22)/t14-,16+/m1/s1. The molecule has 23 heavy (non-hydrogen) atoms. The molecule has 0 spiro atoms. The average Bonchev–Trinajstić information content (AvgIpc) is 3.20. The summed E-state index contributed by atoms with van der Waals surface area (Å²) in [7, 11) is 0. The number of benzene rings is 1. The Hall–Kier alpha value is -2.04. The summed E-state index contributed by atoms with van der Waals surface area (Å²) in [5.74, 6) is 1.47. The molecule has 0 heterocycles. The molecule has 1 aromatic rings. The molecule has 5 heteroatoms. The van der Waals surface area contributed by atoms with Crippen molar-refractivity contribution in [3.05, 3.63) is 29.3 Å². The van der Waals surface area contributed by atoms with Crippen LogP contribution in [0.4, 0.5) is 0 Å². The number of rotatable bonds is 8. The molecule has 1 aliphatic carbocycles. The molecule has 2 amide bonds. The molecular formula is C18H26N2O3. The predicted molar refractivity (Wildman–Crippen MR) is 89.3 cm³/mol. The maximum Gasteiger partial charge on any atom is 0.223 e. The third-order valence-electron chi connectivity index (χ3n) is 3.99. The van der Waals surface area contributed by atoms with Crippen LogP contribution in [0, 0.1) is 25.7 Å². The Morgan fingerprint density at radius 1 is 1.13 bits per heavy atom. The first-order valence-corrected chi connectivity index (χ1v) is 8.21. The lowest BCUT2D eigenvalue weighted by Crippen LogP contribution is -2.33. The van der Waals surface area contributed by atoms with Crippen molar-refractivity contribution in [2.75, 3.05) is 19.7 Å². The van der Waals surface area contributed by atoms with Gasteiger partial charge in [-0.2, -0.15) is 0 Å². The molecular weight excluding hydrogens is 292 g/mol. The highest BCUT2D eigenvalue weighted by Gasteiger charge is 2.38. The highest BCUT2D eigenvalue weighted by Crippen LogP contribution is 2.37. The van der Waals surface area contributed by atoms with Gasteiger partial charge in [0.05, 0.1) is 6.54 Å². The minimum Gasteiger partial charge on any atom is -0.492 e. The number of carbonyl (C=O) groups is 2. The van der Waals surface area contributed by atoms with Crippen LogP contribution in [0.15, 0.2) is 18.2 Å². The van der Waals surface area contributed by atoms with Gasteiger partial charge in [-0.1, -0.05) is 13.0 Å². The zero-order valence-corrected chi connectivity index (χ0v) is 14.1. The fourth-order valence-corrected chi connectivity index (χ4v) is 2.58. The van der Waals surface area contributed by atoms with E-state index in [-0.39, 0.29) is 17.7 Å². The monoisotopic (exact) mass is 318 g/mol. The first-order chi connectivity index (χ1) is 11.0. The summed E-state index contributed by atoms with van der Waals surface area (Å²) in [6, 6.07) is 6.04. The van der Waals surface area contributed by atoms with Gasteiger partial charge in [0.2, 0.25) is 11.8 Å². The third kappa shape index (κ3) is 5.93. The predicted octanol–water partition coefficient (Wildman–Crippen LogP) is 1.96. The first-order valence-electron chi connectivity index (χ1n) is 8.21. The number of hydrogen-bond donors (Lipinski definition) is 2. The van der Waals surface area contributed by atoms with Gasteiger partial charge >= 0.3 is 0 Å². The van der Waals surface area contributed by atoms with Crippen LogP contribution in [0.25, 0.3) is 0 Å². The summed E-state index contributed by atoms with van der Waals surface area (Å²) in [4.78, 5) is 23.3. The molecule has 0 radical (unpaired) electrons. The molecule has 126 valence electrons. The summed E-state index contributed by atoms with van der Waals surface area (Å²) in [6.07, 6.45) is 1.27. The van der Waals surface area contributed by atoms with Gasteiger partial charge in [0.15, 0.2) is 0 Å². The van der Waals surface area contributed by atoms with Crippen molar-refractivity contribution in [3.8, 4) is 5.75 Å². The Kier molecular flexibility index (Phi) is 6.02. The lowest BCUT2D eigenvalue weighted by atomic mass is 10.1. The van der Waals surface area contributed by atoms with Crippen LogP contribution in [-0.4, -0.2) is 31.5 Å². The van der Waals surface area contributed by atoms with Crippen LogP contribution < -0.4 is 15.4 Å². The maximum atomic E-state index is 11.7. The van der Waals surface area contributed by atoms with E-state index in [1.54, 1.807) is 0 Å². The maximum absolute atomic E-state index is 11.7. The minimum atomic E-state index is -0.0711. The van der Waals surface area contributed by atoms with Gasteiger partial charge in [0, 0.05) is 18.9 Å². The quantitative estimate of drug-likeness (QED) is 0.720. The largest absolute Gasteiger partial charge is 0.492 e. The van der Waals surface area contributed by atoms with Gasteiger partial charge in [0.1, 0.15) is 12.4 Å². The van der Waals surface area contributed by atoms with Gasteiger partial charge in [-0.25, -0.2) is 0 Å². The lowest BCUT2D eigenvalue weighted by molar-refractivity contribution is -0.123. The van der Waals surface area contributed by atoms with Crippen LogP contribution in [0.3, 0.4) is 0 Å². The topological polar surface area (TPSA) is 67.4 Å². The summed E-state index contributed by atoms with van der Waals surface area (Å²) in [5.41, 5.74) is 2.31. The molecule has 1 saturated carbocycles. The Balaban J connectivity index is 1.55. The highest BCUT2D eigenvalue weighted by atomic mass is 16.5. The van der Waals surface area contributed by atoms with Gasteiger partial charge in [-0.3, -0.25) is 9.59 Å². The van der Waals surface area contributed by atoms with Crippen molar-refractivity contribution in [1.29, 1.82) is 0 Å². The normalized spacial score (nSPS) is 19.1. The number of amides is 2. The average molecular weight is 318 g/mol. The summed E-state index contributed by atoms with van der Waals surface area (Å²) >= 11 is 0. The second kappa shape index (κ2) is 7.99. The van der Waals surface area contributed by atoms with Gasteiger partial charge < -0.3 is 15.4 Å². The van der Waals surface area contributed by atoms with Crippen molar-refractivity contribution >= 4 is 11.8 Å².